The summed E-state index contributed by atoms with van der Waals surface area (Å²) in [6.07, 6.45) is 1.83. The molecular formula is C13H21N3O3. The van der Waals surface area contributed by atoms with Gasteiger partial charge >= 0.3 is 5.97 Å². The minimum Gasteiger partial charge on any atom is -0.481 e. The third-order valence-corrected chi connectivity index (χ3v) is 3.07. The summed E-state index contributed by atoms with van der Waals surface area (Å²) in [5, 5.41) is 15.4. The zero-order valence-corrected chi connectivity index (χ0v) is 11.6. The number of aliphatic carboxylic acids is 1. The highest BCUT2D eigenvalue weighted by Gasteiger charge is 2.16. The van der Waals surface area contributed by atoms with Gasteiger partial charge in [0, 0.05) is 12.2 Å². The average molecular weight is 267 g/mol. The molecule has 0 spiro atoms. The van der Waals surface area contributed by atoms with Gasteiger partial charge in [-0.2, -0.15) is 5.10 Å². The van der Waals surface area contributed by atoms with E-state index in [9.17, 15) is 9.59 Å². The standard InChI is InChI=1S/C13H21N3O3/c1-4-10(5-2)16-9(3)8-11(15-16)13(19)14-7-6-12(17)18/h8,10H,4-7H2,1-3H3,(H,14,19)(H,17,18). The van der Waals surface area contributed by atoms with Crippen LogP contribution >= 0.6 is 0 Å². The Kier molecular flexibility index (Phi) is 5.54. The first-order valence-corrected chi connectivity index (χ1v) is 6.55. The van der Waals surface area contributed by atoms with E-state index in [4.69, 9.17) is 5.11 Å². The number of carbonyl (C=O) groups is 2. The fraction of sp³-hybridized carbons (Fsp3) is 0.615. The Hall–Kier alpha value is -1.85. The van der Waals surface area contributed by atoms with Gasteiger partial charge in [0.2, 0.25) is 0 Å². The molecule has 0 atom stereocenters. The fourth-order valence-corrected chi connectivity index (χ4v) is 1.98. The van der Waals surface area contributed by atoms with Crippen LogP contribution in [0.4, 0.5) is 0 Å². The zero-order chi connectivity index (χ0) is 14.4. The van der Waals surface area contributed by atoms with Gasteiger partial charge in [0.1, 0.15) is 5.69 Å². The first-order chi connectivity index (χ1) is 8.99. The zero-order valence-electron chi connectivity index (χ0n) is 11.6. The second-order valence-corrected chi connectivity index (χ2v) is 4.49. The van der Waals surface area contributed by atoms with Crippen LogP contribution < -0.4 is 5.32 Å². The molecule has 0 aliphatic heterocycles. The maximum atomic E-state index is 11.8. The van der Waals surface area contributed by atoms with Crippen LogP contribution in [0.25, 0.3) is 0 Å². The van der Waals surface area contributed by atoms with Crippen molar-refractivity contribution in [2.75, 3.05) is 6.54 Å². The molecule has 0 aliphatic rings. The van der Waals surface area contributed by atoms with Gasteiger partial charge in [-0.05, 0) is 25.8 Å². The molecule has 106 valence electrons. The average Bonchev–Trinajstić information content (AvgIpc) is 2.73. The van der Waals surface area contributed by atoms with Gasteiger partial charge in [-0.1, -0.05) is 13.8 Å². The van der Waals surface area contributed by atoms with Gasteiger partial charge in [0.15, 0.2) is 0 Å². The van der Waals surface area contributed by atoms with Crippen molar-refractivity contribution in [3.63, 3.8) is 0 Å². The summed E-state index contributed by atoms with van der Waals surface area (Å²) in [5.41, 5.74) is 1.28. The Morgan fingerprint density at radius 3 is 2.58 bits per heavy atom. The number of hydrogen-bond acceptors (Lipinski definition) is 3. The number of nitrogens with one attached hydrogen (secondary N) is 1. The van der Waals surface area contributed by atoms with Gasteiger partial charge in [0.25, 0.3) is 5.91 Å². The van der Waals surface area contributed by atoms with E-state index >= 15 is 0 Å². The van der Waals surface area contributed by atoms with Crippen molar-refractivity contribution in [3.05, 3.63) is 17.5 Å². The fourth-order valence-electron chi connectivity index (χ4n) is 1.98. The summed E-state index contributed by atoms with van der Waals surface area (Å²) >= 11 is 0. The van der Waals surface area contributed by atoms with Crippen molar-refractivity contribution in [2.45, 2.75) is 46.1 Å². The second kappa shape index (κ2) is 6.92. The molecule has 1 amide bonds. The predicted molar refractivity (Wildman–Crippen MR) is 71.2 cm³/mol. The van der Waals surface area contributed by atoms with Crippen LogP contribution in [-0.4, -0.2) is 33.3 Å². The normalized spacial score (nSPS) is 10.7. The molecule has 2 N–H and O–H groups in total. The molecule has 1 aromatic heterocycles. The van der Waals surface area contributed by atoms with Crippen LogP contribution in [0.15, 0.2) is 6.07 Å². The van der Waals surface area contributed by atoms with Crippen LogP contribution in [0.2, 0.25) is 0 Å². The van der Waals surface area contributed by atoms with Crippen molar-refractivity contribution in [3.8, 4) is 0 Å². The van der Waals surface area contributed by atoms with Crippen LogP contribution in [0, 0.1) is 6.92 Å². The van der Waals surface area contributed by atoms with Gasteiger partial charge in [-0.3, -0.25) is 14.3 Å². The van der Waals surface area contributed by atoms with Crippen LogP contribution in [0.5, 0.6) is 0 Å². The number of aryl methyl sites for hydroxylation is 1. The lowest BCUT2D eigenvalue weighted by Crippen LogP contribution is -2.26. The lowest BCUT2D eigenvalue weighted by molar-refractivity contribution is -0.136. The number of carboxylic acids is 1. The van der Waals surface area contributed by atoms with Crippen molar-refractivity contribution >= 4 is 11.9 Å². The highest BCUT2D eigenvalue weighted by molar-refractivity contribution is 5.92. The summed E-state index contributed by atoms with van der Waals surface area (Å²) in [6, 6.07) is 2.02. The first kappa shape index (κ1) is 15.2. The van der Waals surface area contributed by atoms with E-state index in [1.54, 1.807) is 6.07 Å². The van der Waals surface area contributed by atoms with Crippen molar-refractivity contribution in [1.82, 2.24) is 15.1 Å². The summed E-state index contributed by atoms with van der Waals surface area (Å²) in [5.74, 6) is -1.26. The van der Waals surface area contributed by atoms with Crippen LogP contribution in [0.1, 0.15) is 55.3 Å². The smallest absolute Gasteiger partial charge is 0.305 e. The minimum absolute atomic E-state index is 0.0853. The maximum absolute atomic E-state index is 11.8. The highest BCUT2D eigenvalue weighted by atomic mass is 16.4. The van der Waals surface area contributed by atoms with E-state index in [0.717, 1.165) is 18.5 Å². The predicted octanol–water partition coefficient (Wildman–Crippen LogP) is 1.76. The van der Waals surface area contributed by atoms with Crippen molar-refractivity contribution < 1.29 is 14.7 Å². The molecule has 0 unspecified atom stereocenters. The maximum Gasteiger partial charge on any atom is 0.305 e. The number of rotatable bonds is 7. The van der Waals surface area contributed by atoms with Gasteiger partial charge in [0.05, 0.1) is 12.5 Å². The Labute approximate surface area is 112 Å². The first-order valence-electron chi connectivity index (χ1n) is 6.55. The molecule has 6 heteroatoms. The molecule has 0 saturated heterocycles. The molecule has 1 rings (SSSR count). The summed E-state index contributed by atoms with van der Waals surface area (Å²) in [7, 11) is 0. The number of carboxylic acid groups (broad SMARTS) is 1. The summed E-state index contributed by atoms with van der Waals surface area (Å²) in [6.45, 7) is 6.20. The minimum atomic E-state index is -0.931. The molecule has 0 radical (unpaired) electrons. The van der Waals surface area contributed by atoms with Crippen molar-refractivity contribution in [2.24, 2.45) is 0 Å². The molecule has 0 bridgehead atoms. The number of hydrogen-bond donors (Lipinski definition) is 2. The van der Waals surface area contributed by atoms with Gasteiger partial charge < -0.3 is 10.4 Å². The Morgan fingerprint density at radius 2 is 2.05 bits per heavy atom. The summed E-state index contributed by atoms with van der Waals surface area (Å²) < 4.78 is 1.87. The number of amides is 1. The molecule has 0 saturated carbocycles. The summed E-state index contributed by atoms with van der Waals surface area (Å²) in [4.78, 5) is 22.2. The SMILES string of the molecule is CCC(CC)n1nc(C(=O)NCCC(=O)O)cc1C. The van der Waals surface area contributed by atoms with E-state index in [-0.39, 0.29) is 18.9 Å². The van der Waals surface area contributed by atoms with Gasteiger partial charge in [-0.25, -0.2) is 0 Å². The lowest BCUT2D eigenvalue weighted by atomic mass is 10.2. The Morgan fingerprint density at radius 1 is 1.42 bits per heavy atom. The number of carbonyl (C=O) groups excluding carboxylic acids is 1. The quantitative estimate of drug-likeness (QED) is 0.788. The monoisotopic (exact) mass is 267 g/mol. The molecule has 6 nitrogen and oxygen atoms in total. The molecular weight excluding hydrogens is 246 g/mol. The molecule has 1 heterocycles. The van der Waals surface area contributed by atoms with Crippen LogP contribution in [0.3, 0.4) is 0 Å². The van der Waals surface area contributed by atoms with Crippen LogP contribution in [-0.2, 0) is 4.79 Å². The number of aromatic nitrogens is 2. The molecule has 0 fully saturated rings. The van der Waals surface area contributed by atoms with E-state index in [0.29, 0.717) is 11.7 Å². The highest BCUT2D eigenvalue weighted by Crippen LogP contribution is 2.17. The third kappa shape index (κ3) is 4.08. The number of nitrogens with zero attached hydrogens (tertiary/aromatic N) is 2. The lowest BCUT2D eigenvalue weighted by Gasteiger charge is -2.14. The molecule has 19 heavy (non-hydrogen) atoms. The molecule has 0 aliphatic carbocycles. The van der Waals surface area contributed by atoms with E-state index < -0.39 is 5.97 Å². The topological polar surface area (TPSA) is 84.2 Å². The van der Waals surface area contributed by atoms with E-state index in [2.05, 4.69) is 24.3 Å². The third-order valence-electron chi connectivity index (χ3n) is 3.07. The molecule has 0 aromatic carbocycles. The molecule has 1 aromatic rings. The van der Waals surface area contributed by atoms with Gasteiger partial charge in [-0.15, -0.1) is 0 Å². The van der Waals surface area contributed by atoms with Crippen molar-refractivity contribution in [1.29, 1.82) is 0 Å². The largest absolute Gasteiger partial charge is 0.481 e. The Bertz CT molecular complexity index is 450. The Balaban J connectivity index is 2.71. The second-order valence-electron chi connectivity index (χ2n) is 4.49. The van der Waals surface area contributed by atoms with E-state index in [1.807, 2.05) is 11.6 Å². The van der Waals surface area contributed by atoms with E-state index in [1.165, 1.54) is 0 Å².